The number of imidazole rings is 1. The zero-order valence-electron chi connectivity index (χ0n) is 9.78. The van der Waals surface area contributed by atoms with E-state index in [0.717, 1.165) is 23.5 Å². The largest absolute Gasteiger partial charge is 0.313 e. The molecule has 0 N–H and O–H groups in total. The Balaban J connectivity index is 2.78. The molecule has 3 heteroatoms. The van der Waals surface area contributed by atoms with Gasteiger partial charge in [-0.1, -0.05) is 13.8 Å². The second-order valence-electron chi connectivity index (χ2n) is 4.17. The van der Waals surface area contributed by atoms with Gasteiger partial charge in [-0.2, -0.15) is 0 Å². The second-order valence-corrected chi connectivity index (χ2v) is 4.17. The van der Waals surface area contributed by atoms with Gasteiger partial charge in [-0.05, 0) is 25.5 Å². The van der Waals surface area contributed by atoms with Crippen LogP contribution < -0.4 is 0 Å². The van der Waals surface area contributed by atoms with Crippen molar-refractivity contribution < 1.29 is 0 Å². The fourth-order valence-corrected chi connectivity index (χ4v) is 1.91. The molecule has 2 heterocycles. The first-order valence-corrected chi connectivity index (χ1v) is 5.46. The van der Waals surface area contributed by atoms with Gasteiger partial charge in [0.1, 0.15) is 11.3 Å². The van der Waals surface area contributed by atoms with Crippen molar-refractivity contribution in [2.24, 2.45) is 0 Å². The van der Waals surface area contributed by atoms with E-state index in [4.69, 9.17) is 0 Å². The van der Waals surface area contributed by atoms with Crippen molar-refractivity contribution in [3.8, 4) is 0 Å². The van der Waals surface area contributed by atoms with Gasteiger partial charge < -0.3 is 4.57 Å². The molecule has 15 heavy (non-hydrogen) atoms. The molecule has 0 radical (unpaired) electrons. The van der Waals surface area contributed by atoms with Crippen LogP contribution >= 0.6 is 0 Å². The number of aryl methyl sites for hydroxylation is 2. The average molecular weight is 203 g/mol. The van der Waals surface area contributed by atoms with Gasteiger partial charge in [0.25, 0.3) is 0 Å². The molecule has 0 fully saturated rings. The molecule has 80 valence electrons. The van der Waals surface area contributed by atoms with Crippen LogP contribution in [-0.2, 0) is 6.54 Å². The lowest BCUT2D eigenvalue weighted by atomic mass is 10.2. The Labute approximate surface area is 90.2 Å². The van der Waals surface area contributed by atoms with Crippen molar-refractivity contribution >= 4 is 11.2 Å². The molecule has 2 rings (SSSR count). The Morgan fingerprint density at radius 1 is 1.40 bits per heavy atom. The van der Waals surface area contributed by atoms with E-state index in [2.05, 4.69) is 42.2 Å². The molecule has 2 aromatic rings. The van der Waals surface area contributed by atoms with Gasteiger partial charge in [-0.15, -0.1) is 0 Å². The lowest BCUT2D eigenvalue weighted by Gasteiger charge is -2.07. The van der Waals surface area contributed by atoms with Crippen molar-refractivity contribution in [3.05, 3.63) is 23.7 Å². The van der Waals surface area contributed by atoms with Crippen LogP contribution in [0.25, 0.3) is 11.2 Å². The zero-order chi connectivity index (χ0) is 11.0. The smallest absolute Gasteiger partial charge is 0.160 e. The second kappa shape index (κ2) is 3.65. The number of aromatic nitrogens is 3. The summed E-state index contributed by atoms with van der Waals surface area (Å²) in [6, 6.07) is 2.01. The van der Waals surface area contributed by atoms with Gasteiger partial charge in [0.2, 0.25) is 0 Å². The monoisotopic (exact) mass is 203 g/mol. The van der Waals surface area contributed by atoms with Crippen LogP contribution in [0.2, 0.25) is 0 Å². The first-order chi connectivity index (χ1) is 7.15. The number of hydrogen-bond acceptors (Lipinski definition) is 2. The van der Waals surface area contributed by atoms with Crippen LogP contribution in [0.3, 0.4) is 0 Å². The van der Waals surface area contributed by atoms with Crippen LogP contribution in [0.1, 0.15) is 38.1 Å². The molecule has 0 bridgehead atoms. The zero-order valence-corrected chi connectivity index (χ0v) is 9.78. The van der Waals surface area contributed by atoms with Crippen molar-refractivity contribution in [1.82, 2.24) is 14.5 Å². The molecular weight excluding hydrogens is 186 g/mol. The summed E-state index contributed by atoms with van der Waals surface area (Å²) in [5.41, 5.74) is 3.26. The van der Waals surface area contributed by atoms with E-state index in [-0.39, 0.29) is 0 Å². The van der Waals surface area contributed by atoms with Crippen molar-refractivity contribution in [1.29, 1.82) is 0 Å². The SMILES string of the molecule is CCn1c(C(C)C)nc2c(C)ccnc21. The minimum atomic E-state index is 0.443. The van der Waals surface area contributed by atoms with Crippen LogP contribution in [0.5, 0.6) is 0 Å². The molecule has 0 aliphatic rings. The van der Waals surface area contributed by atoms with E-state index < -0.39 is 0 Å². The molecule has 0 aromatic carbocycles. The number of nitrogens with zero attached hydrogens (tertiary/aromatic N) is 3. The summed E-state index contributed by atoms with van der Waals surface area (Å²) in [5, 5.41) is 0. The lowest BCUT2D eigenvalue weighted by Crippen LogP contribution is -2.03. The number of fused-ring (bicyclic) bond motifs is 1. The van der Waals surface area contributed by atoms with Crippen molar-refractivity contribution in [3.63, 3.8) is 0 Å². The van der Waals surface area contributed by atoms with Gasteiger partial charge in [-0.3, -0.25) is 0 Å². The molecule has 0 aliphatic heterocycles. The first kappa shape index (κ1) is 10.1. The fourth-order valence-electron chi connectivity index (χ4n) is 1.91. The summed E-state index contributed by atoms with van der Waals surface area (Å²) in [7, 11) is 0. The topological polar surface area (TPSA) is 30.7 Å². The van der Waals surface area contributed by atoms with E-state index >= 15 is 0 Å². The Morgan fingerprint density at radius 3 is 2.73 bits per heavy atom. The minimum absolute atomic E-state index is 0.443. The average Bonchev–Trinajstić information content (AvgIpc) is 2.57. The highest BCUT2D eigenvalue weighted by molar-refractivity contribution is 5.75. The summed E-state index contributed by atoms with van der Waals surface area (Å²) in [4.78, 5) is 9.10. The third-order valence-electron chi connectivity index (χ3n) is 2.70. The molecule has 0 saturated heterocycles. The predicted molar refractivity (Wildman–Crippen MR) is 62.0 cm³/mol. The van der Waals surface area contributed by atoms with Gasteiger partial charge >= 0.3 is 0 Å². The number of pyridine rings is 1. The third-order valence-corrected chi connectivity index (χ3v) is 2.70. The number of hydrogen-bond donors (Lipinski definition) is 0. The molecule has 2 aromatic heterocycles. The standard InChI is InChI=1S/C12H17N3/c1-5-15-11(8(2)3)14-10-9(4)6-7-13-12(10)15/h6-8H,5H2,1-4H3. The third kappa shape index (κ3) is 1.52. The van der Waals surface area contributed by atoms with Crippen LogP contribution in [0, 0.1) is 6.92 Å². The van der Waals surface area contributed by atoms with Crippen molar-refractivity contribution in [2.45, 2.75) is 40.2 Å². The summed E-state index contributed by atoms with van der Waals surface area (Å²) < 4.78 is 2.20. The van der Waals surface area contributed by atoms with E-state index in [0.29, 0.717) is 5.92 Å². The van der Waals surface area contributed by atoms with Crippen LogP contribution in [-0.4, -0.2) is 14.5 Å². The predicted octanol–water partition coefficient (Wildman–Crippen LogP) is 2.88. The Bertz CT molecular complexity index is 483. The molecule has 0 aliphatic carbocycles. The maximum absolute atomic E-state index is 4.68. The highest BCUT2D eigenvalue weighted by atomic mass is 15.1. The maximum Gasteiger partial charge on any atom is 0.160 e. The summed E-state index contributed by atoms with van der Waals surface area (Å²) in [6.45, 7) is 9.49. The van der Waals surface area contributed by atoms with E-state index in [1.54, 1.807) is 0 Å². The van der Waals surface area contributed by atoms with E-state index in [1.807, 2.05) is 12.3 Å². The quantitative estimate of drug-likeness (QED) is 0.751. The summed E-state index contributed by atoms with van der Waals surface area (Å²) >= 11 is 0. The molecular formula is C12H17N3. The van der Waals surface area contributed by atoms with Gasteiger partial charge in [0.15, 0.2) is 5.65 Å². The molecule has 3 nitrogen and oxygen atoms in total. The number of rotatable bonds is 2. The van der Waals surface area contributed by atoms with Crippen LogP contribution in [0.15, 0.2) is 12.3 Å². The molecule has 0 amide bonds. The van der Waals surface area contributed by atoms with Gasteiger partial charge in [0, 0.05) is 18.7 Å². The summed E-state index contributed by atoms with van der Waals surface area (Å²) in [5.74, 6) is 1.58. The molecule has 0 spiro atoms. The van der Waals surface area contributed by atoms with Gasteiger partial charge in [-0.25, -0.2) is 9.97 Å². The minimum Gasteiger partial charge on any atom is -0.313 e. The maximum atomic E-state index is 4.68. The Morgan fingerprint density at radius 2 is 2.13 bits per heavy atom. The molecule has 0 atom stereocenters. The Kier molecular flexibility index (Phi) is 2.47. The first-order valence-electron chi connectivity index (χ1n) is 5.46. The highest BCUT2D eigenvalue weighted by Crippen LogP contribution is 2.22. The fraction of sp³-hybridized carbons (Fsp3) is 0.500. The Hall–Kier alpha value is -1.38. The van der Waals surface area contributed by atoms with Crippen LogP contribution in [0.4, 0.5) is 0 Å². The van der Waals surface area contributed by atoms with Gasteiger partial charge in [0.05, 0.1) is 0 Å². The normalized spacial score (nSPS) is 11.5. The molecule has 0 saturated carbocycles. The van der Waals surface area contributed by atoms with Crippen molar-refractivity contribution in [2.75, 3.05) is 0 Å². The highest BCUT2D eigenvalue weighted by Gasteiger charge is 2.14. The lowest BCUT2D eigenvalue weighted by molar-refractivity contribution is 0.663. The van der Waals surface area contributed by atoms with E-state index in [9.17, 15) is 0 Å². The van der Waals surface area contributed by atoms with E-state index in [1.165, 1.54) is 5.56 Å². The summed E-state index contributed by atoms with van der Waals surface area (Å²) in [6.07, 6.45) is 1.86. The molecule has 0 unspecified atom stereocenters.